The van der Waals surface area contributed by atoms with E-state index >= 15 is 0 Å². The molecule has 0 atom stereocenters. The van der Waals surface area contributed by atoms with Crippen molar-refractivity contribution in [3.63, 3.8) is 0 Å². The zero-order chi connectivity index (χ0) is 15.3. The fourth-order valence-electron chi connectivity index (χ4n) is 3.00. The molecule has 1 saturated heterocycles. The summed E-state index contributed by atoms with van der Waals surface area (Å²) in [6.07, 6.45) is 12.4. The van der Waals surface area contributed by atoms with Crippen LogP contribution < -0.4 is 37.2 Å². The van der Waals surface area contributed by atoms with Crippen molar-refractivity contribution in [2.24, 2.45) is 0 Å². The van der Waals surface area contributed by atoms with Gasteiger partial charge in [0.1, 0.15) is 0 Å². The van der Waals surface area contributed by atoms with Crippen LogP contribution in [-0.2, 0) is 20.7 Å². The number of halogens is 3. The Morgan fingerprint density at radius 1 is 0.458 bits per heavy atom. The van der Waals surface area contributed by atoms with Crippen molar-refractivity contribution in [1.29, 1.82) is 0 Å². The maximum atomic E-state index is 2.52. The molecule has 0 amide bonds. The van der Waals surface area contributed by atoms with Gasteiger partial charge in [0.15, 0.2) is 0 Å². The molecule has 3 nitrogen and oxygen atoms in total. The minimum atomic E-state index is 0. The summed E-state index contributed by atoms with van der Waals surface area (Å²) in [5.41, 5.74) is 0. The second kappa shape index (κ2) is 20.8. The molecular formula is C17H36Cl3N3Ti. The summed E-state index contributed by atoms with van der Waals surface area (Å²) in [6.45, 7) is 7.69. The molecule has 0 unspecified atom stereocenters. The van der Waals surface area contributed by atoms with Gasteiger partial charge in [0.2, 0.25) is 0 Å². The van der Waals surface area contributed by atoms with E-state index in [1.807, 2.05) is 0 Å². The number of hydrogen-bond donors (Lipinski definition) is 0. The zero-order valence-corrected chi connectivity index (χ0v) is 19.4. The van der Waals surface area contributed by atoms with Crippen molar-refractivity contribution in [1.82, 2.24) is 13.2 Å². The molecule has 1 rings (SSSR count). The van der Waals surface area contributed by atoms with E-state index in [1.54, 1.807) is 0 Å². The molecule has 0 aromatic rings. The Kier molecular flexibility index (Phi) is 26.1. The smallest absolute Gasteiger partial charge is 1.00 e. The Hall–Kier alpha value is 1.46. The normalized spacial score (nSPS) is 22.2. The van der Waals surface area contributed by atoms with Gasteiger partial charge in [-0.3, -0.25) is 0 Å². The molecule has 1 fully saturated rings. The van der Waals surface area contributed by atoms with Gasteiger partial charge in [0.05, 0.1) is 0 Å². The SMILES string of the molecule is CN1CCCCCN(C)CCCCC[N]([Ti+3])CCCCC1.[Cl-].[Cl-].[Cl-]. The molecule has 1 aliphatic heterocycles. The second-order valence-corrected chi connectivity index (χ2v) is 7.76. The summed E-state index contributed by atoms with van der Waals surface area (Å²) in [5, 5.41) is 0. The third-order valence-corrected chi connectivity index (χ3v) is 5.21. The van der Waals surface area contributed by atoms with Gasteiger partial charge in [-0.25, -0.2) is 0 Å². The molecule has 0 aromatic carbocycles. The first-order valence-corrected chi connectivity index (χ1v) is 9.71. The number of rotatable bonds is 0. The van der Waals surface area contributed by atoms with Crippen molar-refractivity contribution < 1.29 is 57.9 Å². The van der Waals surface area contributed by atoms with Gasteiger partial charge in [-0.1, -0.05) is 0 Å². The van der Waals surface area contributed by atoms with Crippen LogP contribution in [0.2, 0.25) is 0 Å². The molecule has 0 saturated carbocycles. The Balaban J connectivity index is -0.00000147. The fraction of sp³-hybridized carbons (Fsp3) is 1.00. The first kappa shape index (κ1) is 30.2. The molecule has 0 aromatic heterocycles. The van der Waals surface area contributed by atoms with Crippen LogP contribution in [0.15, 0.2) is 0 Å². The summed E-state index contributed by atoms with van der Waals surface area (Å²) in [4.78, 5) is 5.05. The minimum Gasteiger partial charge on any atom is -1.00 e. The Morgan fingerprint density at radius 3 is 1.00 bits per heavy atom. The monoisotopic (exact) mass is 435 g/mol. The summed E-state index contributed by atoms with van der Waals surface area (Å²) < 4.78 is 2.52. The molecule has 0 bridgehead atoms. The van der Waals surface area contributed by atoms with E-state index in [9.17, 15) is 0 Å². The molecule has 0 N–H and O–H groups in total. The predicted molar refractivity (Wildman–Crippen MR) is 88.1 cm³/mol. The molecule has 1 aliphatic rings. The van der Waals surface area contributed by atoms with E-state index < -0.39 is 0 Å². The fourth-order valence-corrected chi connectivity index (χ4v) is 3.49. The average molecular weight is 437 g/mol. The van der Waals surface area contributed by atoms with Crippen molar-refractivity contribution in [2.45, 2.75) is 57.8 Å². The van der Waals surface area contributed by atoms with E-state index in [0.717, 1.165) is 0 Å². The van der Waals surface area contributed by atoms with Crippen LogP contribution in [-0.4, -0.2) is 66.5 Å². The van der Waals surface area contributed by atoms with Crippen LogP contribution in [0.3, 0.4) is 0 Å². The maximum Gasteiger partial charge on any atom is -1.00 e. The predicted octanol–water partition coefficient (Wildman–Crippen LogP) is -5.85. The molecule has 144 valence electrons. The van der Waals surface area contributed by atoms with Gasteiger partial charge in [-0.15, -0.1) is 0 Å². The first-order chi connectivity index (χ1) is 10.2. The van der Waals surface area contributed by atoms with Gasteiger partial charge < -0.3 is 37.2 Å². The zero-order valence-electron chi connectivity index (χ0n) is 15.6. The Morgan fingerprint density at radius 2 is 0.708 bits per heavy atom. The van der Waals surface area contributed by atoms with Crippen LogP contribution >= 0.6 is 0 Å². The van der Waals surface area contributed by atoms with Crippen LogP contribution in [0.1, 0.15) is 57.8 Å². The van der Waals surface area contributed by atoms with Crippen LogP contribution in [0, 0.1) is 0 Å². The summed E-state index contributed by atoms with van der Waals surface area (Å²) in [5.74, 6) is 0. The van der Waals surface area contributed by atoms with Crippen LogP contribution in [0.25, 0.3) is 0 Å². The summed E-state index contributed by atoms with van der Waals surface area (Å²) in [6, 6.07) is 0. The minimum absolute atomic E-state index is 0. The van der Waals surface area contributed by atoms with Crippen molar-refractivity contribution in [3.05, 3.63) is 0 Å². The van der Waals surface area contributed by atoms with Gasteiger partial charge in [0, 0.05) is 0 Å². The first-order valence-electron chi connectivity index (χ1n) is 9.02. The van der Waals surface area contributed by atoms with Gasteiger partial charge in [-0.05, 0) is 0 Å². The largest absolute Gasteiger partial charge is 1.00 e. The molecular weight excluding hydrogens is 400 g/mol. The Labute approximate surface area is 181 Å². The molecule has 0 radical (unpaired) electrons. The van der Waals surface area contributed by atoms with E-state index in [-0.39, 0.29) is 37.2 Å². The van der Waals surface area contributed by atoms with Crippen LogP contribution in [0.5, 0.6) is 0 Å². The van der Waals surface area contributed by atoms with Crippen molar-refractivity contribution >= 4 is 0 Å². The Bertz CT molecular complexity index is 195. The van der Waals surface area contributed by atoms with E-state index in [0.29, 0.717) is 0 Å². The third-order valence-electron chi connectivity index (χ3n) is 4.52. The van der Waals surface area contributed by atoms with Crippen LogP contribution in [0.4, 0.5) is 0 Å². The number of nitrogens with zero attached hydrogens (tertiary/aromatic N) is 3. The second-order valence-electron chi connectivity index (χ2n) is 6.78. The molecule has 7 heteroatoms. The van der Waals surface area contributed by atoms with Crippen molar-refractivity contribution in [3.8, 4) is 0 Å². The topological polar surface area (TPSA) is 9.72 Å². The molecule has 0 spiro atoms. The van der Waals surface area contributed by atoms with Gasteiger partial charge in [0.25, 0.3) is 0 Å². The van der Waals surface area contributed by atoms with E-state index in [1.165, 1.54) is 97.1 Å². The van der Waals surface area contributed by atoms with E-state index in [4.69, 9.17) is 0 Å². The average Bonchev–Trinajstić information content (AvgIpc) is 2.45. The quantitative estimate of drug-likeness (QED) is 0.350. The molecule has 0 aliphatic carbocycles. The van der Waals surface area contributed by atoms with Gasteiger partial charge in [-0.2, -0.15) is 0 Å². The summed E-state index contributed by atoms with van der Waals surface area (Å²) >= 11 is 2.29. The molecule has 24 heavy (non-hydrogen) atoms. The standard InChI is InChI=1S/C17H36N3.3ClH.Ti/c1-19-14-8-3-6-12-18-13-7-4-9-15-20(2)17-11-5-10-16-19;;;;/h3-17H2,1-2H3;3*1H;/q-1;;;;+4/p-3. The third kappa shape index (κ3) is 18.3. The maximum absolute atomic E-state index is 2.52. The molecule has 1 heterocycles. The van der Waals surface area contributed by atoms with E-state index in [2.05, 4.69) is 48.0 Å². The van der Waals surface area contributed by atoms with Crippen molar-refractivity contribution in [2.75, 3.05) is 53.4 Å². The summed E-state index contributed by atoms with van der Waals surface area (Å²) in [7, 11) is 4.58. The van der Waals surface area contributed by atoms with Gasteiger partial charge >= 0.3 is 145 Å². The number of hydrogen-bond acceptors (Lipinski definition) is 3.